The summed E-state index contributed by atoms with van der Waals surface area (Å²) in [7, 11) is 3.17. The molecule has 0 aliphatic heterocycles. The zero-order chi connectivity index (χ0) is 6.85. The van der Waals surface area contributed by atoms with Crippen LogP contribution in [-0.2, 0) is 4.74 Å². The molecule has 9 heavy (non-hydrogen) atoms. The van der Waals surface area contributed by atoms with Gasteiger partial charge in [0.25, 0.3) is 0 Å². The Bertz CT molecular complexity index is 120. The quantitative estimate of drug-likeness (QED) is 0.525. The van der Waals surface area contributed by atoms with Gasteiger partial charge in [-0.15, -0.1) is 0 Å². The van der Waals surface area contributed by atoms with E-state index >= 15 is 0 Å². The van der Waals surface area contributed by atoms with Gasteiger partial charge in [-0.1, -0.05) is 0 Å². The summed E-state index contributed by atoms with van der Waals surface area (Å²) in [5.41, 5.74) is 0. The third-order valence-corrected chi connectivity index (χ3v) is 1.56. The van der Waals surface area contributed by atoms with Gasteiger partial charge in [-0.05, 0) is 12.8 Å². The molecule has 0 aromatic heterocycles. The van der Waals surface area contributed by atoms with E-state index < -0.39 is 0 Å². The minimum Gasteiger partial charge on any atom is -0.453 e. The average molecular weight is 129 g/mol. The van der Waals surface area contributed by atoms with Crippen molar-refractivity contribution in [2.45, 2.75) is 18.9 Å². The number of hydrogen-bond donors (Lipinski definition) is 0. The van der Waals surface area contributed by atoms with Crippen molar-refractivity contribution in [3.05, 3.63) is 0 Å². The minimum absolute atomic E-state index is 0.225. The van der Waals surface area contributed by atoms with Crippen molar-refractivity contribution < 1.29 is 9.53 Å². The molecule has 0 N–H and O–H groups in total. The van der Waals surface area contributed by atoms with Crippen LogP contribution in [-0.4, -0.2) is 31.2 Å². The highest BCUT2D eigenvalue weighted by molar-refractivity contribution is 5.67. The Balaban J connectivity index is 2.30. The number of carbonyl (C=O) groups excluding carboxylic acids is 1. The molecule has 1 aliphatic rings. The highest BCUT2D eigenvalue weighted by Gasteiger charge is 2.29. The van der Waals surface area contributed by atoms with Crippen LogP contribution in [0.25, 0.3) is 0 Å². The van der Waals surface area contributed by atoms with E-state index in [1.54, 1.807) is 11.9 Å². The van der Waals surface area contributed by atoms with Gasteiger partial charge >= 0.3 is 6.09 Å². The van der Waals surface area contributed by atoms with Crippen LogP contribution < -0.4 is 0 Å². The molecule has 0 bridgehead atoms. The second-order valence-corrected chi connectivity index (χ2v) is 2.31. The summed E-state index contributed by atoms with van der Waals surface area (Å²) in [5, 5.41) is 0. The predicted octanol–water partition coefficient (Wildman–Crippen LogP) is 0.847. The van der Waals surface area contributed by atoms with E-state index in [9.17, 15) is 4.79 Å². The number of amides is 1. The highest BCUT2D eigenvalue weighted by atomic mass is 16.5. The SMILES string of the molecule is COC(=O)N(C)C1CC1. The van der Waals surface area contributed by atoms with Crippen LogP contribution in [0.1, 0.15) is 12.8 Å². The van der Waals surface area contributed by atoms with Crippen molar-refractivity contribution in [2.24, 2.45) is 0 Å². The molecule has 0 aromatic rings. The van der Waals surface area contributed by atoms with E-state index in [0.29, 0.717) is 6.04 Å². The second-order valence-electron chi connectivity index (χ2n) is 2.31. The maximum Gasteiger partial charge on any atom is 0.409 e. The molecule has 0 radical (unpaired) electrons. The Hall–Kier alpha value is -0.730. The lowest BCUT2D eigenvalue weighted by molar-refractivity contribution is 0.131. The number of hydrogen-bond acceptors (Lipinski definition) is 2. The summed E-state index contributed by atoms with van der Waals surface area (Å²) < 4.78 is 4.50. The van der Waals surface area contributed by atoms with Crippen molar-refractivity contribution in [1.82, 2.24) is 4.90 Å². The van der Waals surface area contributed by atoms with Crippen LogP contribution in [0.5, 0.6) is 0 Å². The lowest BCUT2D eigenvalue weighted by atomic mass is 10.6. The molecule has 0 heterocycles. The van der Waals surface area contributed by atoms with Crippen LogP contribution in [0.2, 0.25) is 0 Å². The third kappa shape index (κ3) is 1.34. The lowest BCUT2D eigenvalue weighted by Crippen LogP contribution is -2.28. The summed E-state index contributed by atoms with van der Waals surface area (Å²) in [6, 6.07) is 0.456. The van der Waals surface area contributed by atoms with Crippen LogP contribution in [0.4, 0.5) is 4.79 Å². The number of carbonyl (C=O) groups is 1. The zero-order valence-corrected chi connectivity index (χ0v) is 5.76. The van der Waals surface area contributed by atoms with Crippen molar-refractivity contribution in [3.63, 3.8) is 0 Å². The molecule has 0 unspecified atom stereocenters. The Kier molecular flexibility index (Phi) is 1.60. The van der Waals surface area contributed by atoms with Gasteiger partial charge in [0.1, 0.15) is 0 Å². The summed E-state index contributed by atoms with van der Waals surface area (Å²) in [6.45, 7) is 0. The smallest absolute Gasteiger partial charge is 0.409 e. The molecule has 3 nitrogen and oxygen atoms in total. The van der Waals surface area contributed by atoms with Crippen molar-refractivity contribution in [2.75, 3.05) is 14.2 Å². The van der Waals surface area contributed by atoms with Crippen LogP contribution in [0.15, 0.2) is 0 Å². The first-order chi connectivity index (χ1) is 4.25. The highest BCUT2D eigenvalue weighted by Crippen LogP contribution is 2.25. The summed E-state index contributed by atoms with van der Waals surface area (Å²) >= 11 is 0. The fourth-order valence-electron chi connectivity index (χ4n) is 0.755. The van der Waals surface area contributed by atoms with Crippen molar-refractivity contribution in [1.29, 1.82) is 0 Å². The molecule has 1 saturated carbocycles. The molecule has 52 valence electrons. The fraction of sp³-hybridized carbons (Fsp3) is 0.833. The van der Waals surface area contributed by atoms with Gasteiger partial charge in [-0.3, -0.25) is 0 Å². The molecule has 0 saturated heterocycles. The molecule has 0 spiro atoms. The van der Waals surface area contributed by atoms with Gasteiger partial charge < -0.3 is 9.64 Å². The van der Waals surface area contributed by atoms with Gasteiger partial charge in [0.05, 0.1) is 7.11 Å². The van der Waals surface area contributed by atoms with Crippen LogP contribution in [0, 0.1) is 0 Å². The lowest BCUT2D eigenvalue weighted by Gasteiger charge is -2.12. The molecule has 1 fully saturated rings. The monoisotopic (exact) mass is 129 g/mol. The van der Waals surface area contributed by atoms with Crippen molar-refractivity contribution >= 4 is 6.09 Å². The minimum atomic E-state index is -0.225. The maximum atomic E-state index is 10.7. The van der Waals surface area contributed by atoms with E-state index in [-0.39, 0.29) is 6.09 Å². The third-order valence-electron chi connectivity index (χ3n) is 1.56. The Morgan fingerprint density at radius 1 is 1.67 bits per heavy atom. The first-order valence-corrected chi connectivity index (χ1v) is 3.06. The molecule has 1 rings (SSSR count). The molecule has 1 aliphatic carbocycles. The first kappa shape index (κ1) is 6.39. The zero-order valence-electron chi connectivity index (χ0n) is 5.76. The Labute approximate surface area is 54.6 Å². The number of nitrogens with zero attached hydrogens (tertiary/aromatic N) is 1. The largest absolute Gasteiger partial charge is 0.453 e. The molecular weight excluding hydrogens is 118 g/mol. The molecular formula is C6H11NO2. The molecule has 0 atom stereocenters. The van der Waals surface area contributed by atoms with E-state index in [0.717, 1.165) is 12.8 Å². The van der Waals surface area contributed by atoms with Crippen LogP contribution in [0.3, 0.4) is 0 Å². The van der Waals surface area contributed by atoms with E-state index in [4.69, 9.17) is 0 Å². The van der Waals surface area contributed by atoms with Gasteiger partial charge in [-0.2, -0.15) is 0 Å². The van der Waals surface area contributed by atoms with E-state index in [1.807, 2.05) is 0 Å². The normalized spacial score (nSPS) is 17.1. The van der Waals surface area contributed by atoms with Gasteiger partial charge in [0, 0.05) is 13.1 Å². The fourth-order valence-corrected chi connectivity index (χ4v) is 0.755. The van der Waals surface area contributed by atoms with Gasteiger partial charge in [-0.25, -0.2) is 4.79 Å². The second kappa shape index (κ2) is 2.25. The summed E-state index contributed by atoms with van der Waals surface area (Å²) in [4.78, 5) is 12.3. The average Bonchev–Trinajstić information content (AvgIpc) is 2.66. The molecule has 1 amide bonds. The van der Waals surface area contributed by atoms with Crippen molar-refractivity contribution in [3.8, 4) is 0 Å². The Morgan fingerprint density at radius 3 is 2.56 bits per heavy atom. The first-order valence-electron chi connectivity index (χ1n) is 3.06. The molecule has 3 heteroatoms. The number of rotatable bonds is 1. The van der Waals surface area contributed by atoms with E-state index in [2.05, 4.69) is 4.74 Å². The standard InChI is InChI=1S/C6H11NO2/c1-7(5-3-4-5)6(8)9-2/h5H,3-4H2,1-2H3. The van der Waals surface area contributed by atoms with E-state index in [1.165, 1.54) is 7.11 Å². The molecule has 0 aromatic carbocycles. The summed E-state index contributed by atoms with van der Waals surface area (Å²) in [5.74, 6) is 0. The topological polar surface area (TPSA) is 29.5 Å². The maximum absolute atomic E-state index is 10.7. The Morgan fingerprint density at radius 2 is 2.22 bits per heavy atom. The number of methoxy groups -OCH3 is 1. The number of ether oxygens (including phenoxy) is 1. The van der Waals surface area contributed by atoms with Gasteiger partial charge in [0.2, 0.25) is 0 Å². The predicted molar refractivity (Wildman–Crippen MR) is 33.2 cm³/mol. The van der Waals surface area contributed by atoms with Crippen LogP contribution >= 0.6 is 0 Å². The summed E-state index contributed by atoms with van der Waals surface area (Å²) in [6.07, 6.45) is 2.04. The van der Waals surface area contributed by atoms with Gasteiger partial charge in [0.15, 0.2) is 0 Å².